The summed E-state index contributed by atoms with van der Waals surface area (Å²) in [5.74, 6) is -2.48. The van der Waals surface area contributed by atoms with Crippen molar-refractivity contribution in [2.45, 2.75) is 76.7 Å². The third-order valence-electron chi connectivity index (χ3n) is 5.03. The van der Waals surface area contributed by atoms with E-state index in [1.165, 1.54) is 0 Å². The molecule has 2 fully saturated rings. The Balaban J connectivity index is 2.02. The first-order valence-corrected chi connectivity index (χ1v) is 6.84. The van der Waals surface area contributed by atoms with Crippen LogP contribution in [0.3, 0.4) is 0 Å². The number of alkyl halides is 2. The summed E-state index contributed by atoms with van der Waals surface area (Å²) in [6.45, 7) is 4.17. The Labute approximate surface area is 103 Å². The molecule has 0 heterocycles. The van der Waals surface area contributed by atoms with Crippen LogP contribution < -0.4 is 0 Å². The molecule has 1 N–H and O–H groups in total. The number of hydrogen-bond donors (Lipinski definition) is 1. The van der Waals surface area contributed by atoms with Gasteiger partial charge in [0.2, 0.25) is 5.92 Å². The van der Waals surface area contributed by atoms with E-state index >= 15 is 0 Å². The van der Waals surface area contributed by atoms with Crippen molar-refractivity contribution in [3.8, 4) is 0 Å². The highest BCUT2D eigenvalue weighted by Gasteiger charge is 2.49. The van der Waals surface area contributed by atoms with Crippen LogP contribution in [0.25, 0.3) is 0 Å². The van der Waals surface area contributed by atoms with Crippen molar-refractivity contribution < 1.29 is 13.9 Å². The fraction of sp³-hybridized carbons (Fsp3) is 1.00. The molecule has 2 rings (SSSR count). The molecule has 2 unspecified atom stereocenters. The Morgan fingerprint density at radius 3 is 2.29 bits per heavy atom. The average Bonchev–Trinajstić information content (AvgIpc) is 2.51. The van der Waals surface area contributed by atoms with E-state index in [9.17, 15) is 13.9 Å². The average molecular weight is 246 g/mol. The van der Waals surface area contributed by atoms with Crippen molar-refractivity contribution in [2.75, 3.05) is 0 Å². The second kappa shape index (κ2) is 4.18. The van der Waals surface area contributed by atoms with Crippen molar-refractivity contribution in [2.24, 2.45) is 11.3 Å². The quantitative estimate of drug-likeness (QED) is 0.776. The molecule has 0 amide bonds. The molecule has 2 saturated carbocycles. The molecule has 3 heteroatoms. The van der Waals surface area contributed by atoms with Crippen LogP contribution in [0.15, 0.2) is 0 Å². The van der Waals surface area contributed by atoms with Gasteiger partial charge in [-0.05, 0) is 37.0 Å². The van der Waals surface area contributed by atoms with Gasteiger partial charge in [0, 0.05) is 12.8 Å². The number of rotatable bonds is 2. The molecule has 0 aromatic rings. The van der Waals surface area contributed by atoms with E-state index in [-0.39, 0.29) is 24.2 Å². The maximum Gasteiger partial charge on any atom is 0.248 e. The van der Waals surface area contributed by atoms with Crippen molar-refractivity contribution in [1.29, 1.82) is 0 Å². The minimum Gasteiger partial charge on any atom is -0.389 e. The van der Waals surface area contributed by atoms with Crippen molar-refractivity contribution in [3.63, 3.8) is 0 Å². The maximum atomic E-state index is 13.2. The third-order valence-corrected chi connectivity index (χ3v) is 5.03. The molecule has 2 aliphatic carbocycles. The largest absolute Gasteiger partial charge is 0.389 e. The normalized spacial score (nSPS) is 40.4. The van der Waals surface area contributed by atoms with Gasteiger partial charge in [-0.25, -0.2) is 8.78 Å². The molecule has 1 nitrogen and oxygen atoms in total. The summed E-state index contributed by atoms with van der Waals surface area (Å²) in [5.41, 5.74) is -0.848. The summed E-state index contributed by atoms with van der Waals surface area (Å²) in [6.07, 6.45) is 5.09. The van der Waals surface area contributed by atoms with Crippen LogP contribution in [-0.2, 0) is 0 Å². The van der Waals surface area contributed by atoms with Gasteiger partial charge in [-0.3, -0.25) is 0 Å². The van der Waals surface area contributed by atoms with Gasteiger partial charge < -0.3 is 5.11 Å². The van der Waals surface area contributed by atoms with Gasteiger partial charge >= 0.3 is 0 Å². The van der Waals surface area contributed by atoms with Gasteiger partial charge in [-0.1, -0.05) is 26.7 Å². The molecule has 2 atom stereocenters. The SMILES string of the molecule is CC1(C)CCCCC1(O)CC1CCC(F)(F)C1. The molecule has 0 bridgehead atoms. The predicted molar refractivity (Wildman–Crippen MR) is 64.1 cm³/mol. The van der Waals surface area contributed by atoms with Gasteiger partial charge in [0.15, 0.2) is 0 Å². The fourth-order valence-electron chi connectivity index (χ4n) is 3.63. The Morgan fingerprint density at radius 1 is 1.12 bits per heavy atom. The lowest BCUT2D eigenvalue weighted by molar-refractivity contribution is -0.113. The fourth-order valence-corrected chi connectivity index (χ4v) is 3.63. The van der Waals surface area contributed by atoms with Crippen molar-refractivity contribution in [3.05, 3.63) is 0 Å². The minimum absolute atomic E-state index is 0.00683. The highest BCUT2D eigenvalue weighted by atomic mass is 19.3. The van der Waals surface area contributed by atoms with Crippen LogP contribution in [0.2, 0.25) is 0 Å². The molecular weight excluding hydrogens is 222 g/mol. The Hall–Kier alpha value is -0.180. The van der Waals surface area contributed by atoms with E-state index in [0.717, 1.165) is 25.7 Å². The Bertz CT molecular complexity index is 288. The zero-order valence-corrected chi connectivity index (χ0v) is 10.9. The van der Waals surface area contributed by atoms with Crippen LogP contribution in [0.5, 0.6) is 0 Å². The van der Waals surface area contributed by atoms with Crippen LogP contribution in [0.1, 0.15) is 65.2 Å². The predicted octanol–water partition coefficient (Wildman–Crippen LogP) is 4.14. The summed E-state index contributed by atoms with van der Waals surface area (Å²) < 4.78 is 26.4. The second-order valence-electron chi connectivity index (χ2n) is 6.79. The van der Waals surface area contributed by atoms with E-state index in [1.54, 1.807) is 0 Å². The maximum absolute atomic E-state index is 13.2. The molecule has 2 aliphatic rings. The summed E-state index contributed by atoms with van der Waals surface area (Å²) in [4.78, 5) is 0. The van der Waals surface area contributed by atoms with Crippen LogP contribution in [-0.4, -0.2) is 16.6 Å². The molecule has 0 spiro atoms. The second-order valence-corrected chi connectivity index (χ2v) is 6.79. The lowest BCUT2D eigenvalue weighted by Crippen LogP contribution is -2.48. The molecule has 0 saturated heterocycles. The van der Waals surface area contributed by atoms with Gasteiger partial charge in [-0.2, -0.15) is 0 Å². The van der Waals surface area contributed by atoms with Gasteiger partial charge in [0.25, 0.3) is 0 Å². The number of aliphatic hydroxyl groups is 1. The molecule has 0 aromatic carbocycles. The Morgan fingerprint density at radius 2 is 1.76 bits per heavy atom. The van der Waals surface area contributed by atoms with Gasteiger partial charge in [-0.15, -0.1) is 0 Å². The monoisotopic (exact) mass is 246 g/mol. The zero-order chi connectivity index (χ0) is 12.7. The highest BCUT2D eigenvalue weighted by Crippen LogP contribution is 2.50. The lowest BCUT2D eigenvalue weighted by atomic mass is 9.62. The lowest BCUT2D eigenvalue weighted by Gasteiger charge is -2.48. The summed E-state index contributed by atoms with van der Waals surface area (Å²) >= 11 is 0. The first-order valence-electron chi connectivity index (χ1n) is 6.84. The molecule has 17 heavy (non-hydrogen) atoms. The number of hydrogen-bond acceptors (Lipinski definition) is 1. The van der Waals surface area contributed by atoms with Crippen LogP contribution >= 0.6 is 0 Å². The zero-order valence-electron chi connectivity index (χ0n) is 10.9. The molecule has 0 aliphatic heterocycles. The molecular formula is C14H24F2O. The smallest absolute Gasteiger partial charge is 0.248 e. The van der Waals surface area contributed by atoms with Crippen LogP contribution in [0.4, 0.5) is 8.78 Å². The molecule has 100 valence electrons. The van der Waals surface area contributed by atoms with Gasteiger partial charge in [0.05, 0.1) is 5.60 Å². The minimum atomic E-state index is -2.49. The van der Waals surface area contributed by atoms with E-state index in [1.807, 2.05) is 0 Å². The van der Waals surface area contributed by atoms with E-state index < -0.39 is 11.5 Å². The summed E-state index contributed by atoms with van der Waals surface area (Å²) in [5, 5.41) is 10.8. The van der Waals surface area contributed by atoms with Gasteiger partial charge in [0.1, 0.15) is 0 Å². The molecule has 0 radical (unpaired) electrons. The van der Waals surface area contributed by atoms with E-state index in [0.29, 0.717) is 12.8 Å². The first kappa shape index (κ1) is 13.3. The molecule has 0 aromatic heterocycles. The Kier molecular flexibility index (Phi) is 3.26. The summed E-state index contributed by atoms with van der Waals surface area (Å²) in [6, 6.07) is 0. The standard InChI is InChI=1S/C14H24F2O/c1-12(2)6-3-4-7-13(12,17)9-11-5-8-14(15,16)10-11/h11,17H,3-10H2,1-2H3. The van der Waals surface area contributed by atoms with Crippen molar-refractivity contribution in [1.82, 2.24) is 0 Å². The third kappa shape index (κ3) is 2.64. The first-order chi connectivity index (χ1) is 7.74. The topological polar surface area (TPSA) is 20.2 Å². The highest BCUT2D eigenvalue weighted by molar-refractivity contribution is 4.99. The van der Waals surface area contributed by atoms with E-state index in [2.05, 4.69) is 13.8 Å². The van der Waals surface area contributed by atoms with Crippen LogP contribution in [0, 0.1) is 11.3 Å². The van der Waals surface area contributed by atoms with Crippen molar-refractivity contribution >= 4 is 0 Å². The summed E-state index contributed by atoms with van der Waals surface area (Å²) in [7, 11) is 0. The number of halogens is 2. The van der Waals surface area contributed by atoms with E-state index in [4.69, 9.17) is 0 Å².